The largest absolute Gasteiger partial charge is 0.383 e. The van der Waals surface area contributed by atoms with E-state index in [1.54, 1.807) is 18.2 Å². The maximum Gasteiger partial charge on any atom is 0.264 e. The molecule has 5 rings (SSSR count). The summed E-state index contributed by atoms with van der Waals surface area (Å²) < 4.78 is 27.7. The van der Waals surface area contributed by atoms with Crippen LogP contribution < -0.4 is 20.3 Å². The zero-order valence-electron chi connectivity index (χ0n) is 24.8. The van der Waals surface area contributed by atoms with Crippen molar-refractivity contribution in [2.75, 3.05) is 23.8 Å². The molecule has 2 amide bonds. The Balaban J connectivity index is 1.30. The molecule has 3 fully saturated rings. The Morgan fingerprint density at radius 2 is 1.55 bits per heavy atom. The van der Waals surface area contributed by atoms with E-state index in [1.165, 1.54) is 57.1 Å². The Kier molecular flexibility index (Phi) is 10.1. The van der Waals surface area contributed by atoms with E-state index < -0.39 is 22.0 Å². The third-order valence-electron chi connectivity index (χ3n) is 9.28. The Morgan fingerprint density at radius 1 is 0.881 bits per heavy atom. The standard InChI is InChI=1S/C33H46N4O4S/c1-37(27-18-19-27)31-20-17-26(21-30(31)34-23-24-11-5-2-6-12-24)33(39)35-29(25-13-7-3-8-14-25)22-32(38)36-42(40,41)28-15-9-4-10-16-28/h4,9-10,15-17,20-21,24-25,27,29,34H,2-3,5-8,11-14,18-19,22-23H2,1H3,(H,35,39)(H,36,38). The number of rotatable bonds is 12. The van der Waals surface area contributed by atoms with Crippen molar-refractivity contribution < 1.29 is 18.0 Å². The molecule has 0 aliphatic heterocycles. The number of sulfonamides is 1. The van der Waals surface area contributed by atoms with Gasteiger partial charge in [-0.1, -0.05) is 56.7 Å². The number of hydrogen-bond donors (Lipinski definition) is 3. The van der Waals surface area contributed by atoms with Crippen LogP contribution in [0, 0.1) is 11.8 Å². The van der Waals surface area contributed by atoms with E-state index in [9.17, 15) is 18.0 Å². The van der Waals surface area contributed by atoms with Gasteiger partial charge in [0, 0.05) is 37.7 Å². The van der Waals surface area contributed by atoms with Gasteiger partial charge in [0.05, 0.1) is 16.3 Å². The Labute approximate surface area is 251 Å². The van der Waals surface area contributed by atoms with Crippen LogP contribution in [-0.2, 0) is 14.8 Å². The highest BCUT2D eigenvalue weighted by molar-refractivity contribution is 7.90. The number of carbonyl (C=O) groups is 2. The third kappa shape index (κ3) is 8.06. The van der Waals surface area contributed by atoms with E-state index in [0.717, 1.165) is 50.0 Å². The first-order valence-electron chi connectivity index (χ1n) is 15.8. The molecule has 1 atom stereocenters. The van der Waals surface area contributed by atoms with Gasteiger partial charge < -0.3 is 15.5 Å². The molecular weight excluding hydrogens is 548 g/mol. The number of benzene rings is 2. The van der Waals surface area contributed by atoms with Gasteiger partial charge in [0.15, 0.2) is 0 Å². The molecule has 3 aliphatic rings. The molecule has 0 aromatic heterocycles. The minimum absolute atomic E-state index is 0.0427. The van der Waals surface area contributed by atoms with E-state index in [-0.39, 0.29) is 23.1 Å². The zero-order chi connectivity index (χ0) is 29.5. The number of anilines is 2. The van der Waals surface area contributed by atoms with Crippen LogP contribution in [0.1, 0.15) is 93.8 Å². The van der Waals surface area contributed by atoms with Crippen LogP contribution in [0.15, 0.2) is 53.4 Å². The van der Waals surface area contributed by atoms with Gasteiger partial charge in [-0.25, -0.2) is 13.1 Å². The van der Waals surface area contributed by atoms with Gasteiger partial charge >= 0.3 is 0 Å². The summed E-state index contributed by atoms with van der Waals surface area (Å²) in [6.07, 6.45) is 13.7. The first kappa shape index (κ1) is 30.4. The first-order valence-corrected chi connectivity index (χ1v) is 17.3. The predicted octanol–water partition coefficient (Wildman–Crippen LogP) is 5.85. The molecule has 228 valence electrons. The lowest BCUT2D eigenvalue weighted by molar-refractivity contribution is -0.120. The molecule has 9 heteroatoms. The van der Waals surface area contributed by atoms with Crippen LogP contribution in [0.4, 0.5) is 11.4 Å². The van der Waals surface area contributed by atoms with Crippen molar-refractivity contribution in [2.45, 2.75) is 100 Å². The lowest BCUT2D eigenvalue weighted by Gasteiger charge is -2.31. The summed E-state index contributed by atoms with van der Waals surface area (Å²) in [5.74, 6) is -0.0645. The van der Waals surface area contributed by atoms with Crippen LogP contribution in [0.5, 0.6) is 0 Å². The molecule has 3 saturated carbocycles. The molecule has 3 aliphatic carbocycles. The van der Waals surface area contributed by atoms with Gasteiger partial charge in [-0.2, -0.15) is 0 Å². The van der Waals surface area contributed by atoms with Crippen molar-refractivity contribution in [1.29, 1.82) is 0 Å². The minimum Gasteiger partial charge on any atom is -0.383 e. The SMILES string of the molecule is CN(c1ccc(C(=O)NC(CC(=O)NS(=O)(=O)c2ccccc2)C2CCCCC2)cc1NCC1CCCCC1)C1CC1. The van der Waals surface area contributed by atoms with Crippen molar-refractivity contribution in [2.24, 2.45) is 11.8 Å². The topological polar surface area (TPSA) is 108 Å². The molecule has 3 N–H and O–H groups in total. The summed E-state index contributed by atoms with van der Waals surface area (Å²) in [7, 11) is -1.85. The molecular formula is C33H46N4O4S. The second-order valence-corrected chi connectivity index (χ2v) is 14.2. The Morgan fingerprint density at radius 3 is 2.21 bits per heavy atom. The quantitative estimate of drug-likeness (QED) is 0.285. The lowest BCUT2D eigenvalue weighted by atomic mass is 9.82. The van der Waals surface area contributed by atoms with Crippen LogP contribution >= 0.6 is 0 Å². The van der Waals surface area contributed by atoms with Gasteiger partial charge in [0.25, 0.3) is 15.9 Å². The molecule has 2 aromatic rings. The average Bonchev–Trinajstić information content (AvgIpc) is 3.86. The van der Waals surface area contributed by atoms with Crippen molar-refractivity contribution in [3.05, 3.63) is 54.1 Å². The summed E-state index contributed by atoms with van der Waals surface area (Å²) in [5.41, 5.74) is 2.63. The van der Waals surface area contributed by atoms with Crippen molar-refractivity contribution >= 4 is 33.2 Å². The van der Waals surface area contributed by atoms with Gasteiger partial charge in [-0.3, -0.25) is 9.59 Å². The normalized spacial score (nSPS) is 19.1. The highest BCUT2D eigenvalue weighted by atomic mass is 32.2. The number of nitrogens with one attached hydrogen (secondary N) is 3. The monoisotopic (exact) mass is 594 g/mol. The summed E-state index contributed by atoms with van der Waals surface area (Å²) in [6.45, 7) is 0.900. The molecule has 2 aromatic carbocycles. The fourth-order valence-electron chi connectivity index (χ4n) is 6.60. The van der Waals surface area contributed by atoms with Crippen LogP contribution in [0.2, 0.25) is 0 Å². The van der Waals surface area contributed by atoms with Gasteiger partial charge in [0.1, 0.15) is 0 Å². The number of amides is 2. The van der Waals surface area contributed by atoms with Gasteiger partial charge in [-0.15, -0.1) is 0 Å². The molecule has 42 heavy (non-hydrogen) atoms. The fraction of sp³-hybridized carbons (Fsp3) is 0.576. The van der Waals surface area contributed by atoms with E-state index in [4.69, 9.17) is 0 Å². The van der Waals surface area contributed by atoms with E-state index >= 15 is 0 Å². The second kappa shape index (κ2) is 13.9. The van der Waals surface area contributed by atoms with Crippen LogP contribution in [-0.4, -0.2) is 45.9 Å². The lowest BCUT2D eigenvalue weighted by Crippen LogP contribution is -2.45. The van der Waals surface area contributed by atoms with Gasteiger partial charge in [0.2, 0.25) is 5.91 Å². The van der Waals surface area contributed by atoms with E-state index in [0.29, 0.717) is 17.5 Å². The van der Waals surface area contributed by atoms with E-state index in [1.807, 2.05) is 18.2 Å². The molecule has 0 bridgehead atoms. The average molecular weight is 595 g/mol. The van der Waals surface area contributed by atoms with Crippen molar-refractivity contribution in [3.8, 4) is 0 Å². The van der Waals surface area contributed by atoms with Crippen LogP contribution in [0.3, 0.4) is 0 Å². The maximum atomic E-state index is 13.7. The molecule has 0 spiro atoms. The zero-order valence-corrected chi connectivity index (χ0v) is 25.6. The summed E-state index contributed by atoms with van der Waals surface area (Å²) >= 11 is 0. The molecule has 0 radical (unpaired) electrons. The van der Waals surface area contributed by atoms with Gasteiger partial charge in [-0.05, 0) is 80.7 Å². The number of nitrogens with zero attached hydrogens (tertiary/aromatic N) is 1. The predicted molar refractivity (Wildman–Crippen MR) is 167 cm³/mol. The van der Waals surface area contributed by atoms with Crippen molar-refractivity contribution in [1.82, 2.24) is 10.0 Å². The molecule has 8 nitrogen and oxygen atoms in total. The van der Waals surface area contributed by atoms with Crippen LogP contribution in [0.25, 0.3) is 0 Å². The summed E-state index contributed by atoms with van der Waals surface area (Å²) in [4.78, 5) is 29.0. The highest BCUT2D eigenvalue weighted by Crippen LogP contribution is 2.36. The van der Waals surface area contributed by atoms with Crippen molar-refractivity contribution in [3.63, 3.8) is 0 Å². The first-order chi connectivity index (χ1) is 20.3. The maximum absolute atomic E-state index is 13.7. The smallest absolute Gasteiger partial charge is 0.264 e. The molecule has 1 unspecified atom stereocenters. The Bertz CT molecular complexity index is 1320. The number of carbonyl (C=O) groups excluding carboxylic acids is 2. The summed E-state index contributed by atoms with van der Waals surface area (Å²) in [6, 6.07) is 13.8. The summed E-state index contributed by atoms with van der Waals surface area (Å²) in [5, 5.41) is 6.82. The molecule has 0 saturated heterocycles. The highest BCUT2D eigenvalue weighted by Gasteiger charge is 2.31. The fourth-order valence-corrected chi connectivity index (χ4v) is 7.62. The number of hydrogen-bond acceptors (Lipinski definition) is 6. The second-order valence-electron chi connectivity index (χ2n) is 12.5. The molecule has 0 heterocycles. The third-order valence-corrected chi connectivity index (χ3v) is 10.7. The minimum atomic E-state index is -3.98. The Hall–Kier alpha value is -3.07. The van der Waals surface area contributed by atoms with E-state index in [2.05, 4.69) is 27.3 Å².